The summed E-state index contributed by atoms with van der Waals surface area (Å²) < 4.78 is 5.06. The summed E-state index contributed by atoms with van der Waals surface area (Å²) in [5.41, 5.74) is 6.53. The zero-order valence-corrected chi connectivity index (χ0v) is 10.9. The molecule has 0 aliphatic heterocycles. The Hall–Kier alpha value is -2.89. The summed E-state index contributed by atoms with van der Waals surface area (Å²) in [5.74, 6) is 0.462. The van der Waals surface area contributed by atoms with Crippen molar-refractivity contribution in [1.82, 2.24) is 4.98 Å². The molecule has 0 amide bonds. The third-order valence-corrected chi connectivity index (χ3v) is 2.62. The van der Waals surface area contributed by atoms with Crippen molar-refractivity contribution in [3.8, 4) is 11.5 Å². The standard InChI is InChI=1S/C14H14N4O2/c1-20-9-5-6-12(19)10(8-9)13(15)18-14(16)11-4-2-3-7-17-11/h2-8,19H,1H3,(H3,15,16,18). The molecule has 20 heavy (non-hydrogen) atoms. The number of rotatable bonds is 3. The Morgan fingerprint density at radius 3 is 2.80 bits per heavy atom. The highest BCUT2D eigenvalue weighted by Gasteiger charge is 2.09. The van der Waals surface area contributed by atoms with Crippen molar-refractivity contribution in [3.63, 3.8) is 0 Å². The number of aromatic nitrogens is 1. The van der Waals surface area contributed by atoms with Crippen molar-refractivity contribution in [2.24, 2.45) is 10.7 Å². The lowest BCUT2D eigenvalue weighted by Crippen LogP contribution is -2.16. The van der Waals surface area contributed by atoms with Crippen LogP contribution < -0.4 is 10.5 Å². The SMILES string of the molecule is COc1ccc(O)c(C(N)=NC(=N)c2ccccn2)c1. The summed E-state index contributed by atoms with van der Waals surface area (Å²) in [5, 5.41) is 17.6. The Balaban J connectivity index is 2.33. The van der Waals surface area contributed by atoms with E-state index in [1.54, 1.807) is 36.5 Å². The van der Waals surface area contributed by atoms with E-state index in [0.717, 1.165) is 0 Å². The molecule has 1 aromatic carbocycles. The number of aromatic hydroxyl groups is 1. The molecule has 0 atom stereocenters. The van der Waals surface area contributed by atoms with Gasteiger partial charge in [0.2, 0.25) is 0 Å². The summed E-state index contributed by atoms with van der Waals surface area (Å²) >= 11 is 0. The second-order valence-electron chi connectivity index (χ2n) is 3.94. The van der Waals surface area contributed by atoms with Crippen molar-refractivity contribution < 1.29 is 9.84 Å². The minimum Gasteiger partial charge on any atom is -0.507 e. The lowest BCUT2D eigenvalue weighted by atomic mass is 10.1. The third-order valence-electron chi connectivity index (χ3n) is 2.62. The van der Waals surface area contributed by atoms with Crippen LogP contribution in [0.15, 0.2) is 47.6 Å². The van der Waals surface area contributed by atoms with E-state index < -0.39 is 0 Å². The molecule has 0 saturated heterocycles. The number of nitrogens with one attached hydrogen (secondary N) is 1. The molecule has 6 heteroatoms. The van der Waals surface area contributed by atoms with Crippen LogP contribution in [0.25, 0.3) is 0 Å². The fourth-order valence-electron chi connectivity index (χ4n) is 1.59. The van der Waals surface area contributed by atoms with Crippen LogP contribution in [-0.4, -0.2) is 28.9 Å². The number of nitrogens with zero attached hydrogens (tertiary/aromatic N) is 2. The van der Waals surface area contributed by atoms with Gasteiger partial charge in [-0.1, -0.05) is 6.07 Å². The quantitative estimate of drug-likeness (QED) is 0.581. The van der Waals surface area contributed by atoms with Gasteiger partial charge in [-0.3, -0.25) is 10.4 Å². The van der Waals surface area contributed by atoms with E-state index in [2.05, 4.69) is 9.98 Å². The maximum atomic E-state index is 9.78. The van der Waals surface area contributed by atoms with Gasteiger partial charge in [-0.25, -0.2) is 4.99 Å². The average molecular weight is 270 g/mol. The molecular formula is C14H14N4O2. The molecule has 0 aliphatic carbocycles. The molecule has 1 aromatic heterocycles. The van der Waals surface area contributed by atoms with E-state index in [1.165, 1.54) is 13.2 Å². The van der Waals surface area contributed by atoms with Gasteiger partial charge in [0, 0.05) is 6.20 Å². The number of methoxy groups -OCH3 is 1. The van der Waals surface area contributed by atoms with Crippen LogP contribution in [0.1, 0.15) is 11.3 Å². The van der Waals surface area contributed by atoms with E-state index in [-0.39, 0.29) is 17.4 Å². The Labute approximate surface area is 116 Å². The highest BCUT2D eigenvalue weighted by Crippen LogP contribution is 2.22. The lowest BCUT2D eigenvalue weighted by Gasteiger charge is -2.07. The number of ether oxygens (including phenoxy) is 1. The van der Waals surface area contributed by atoms with Crippen molar-refractivity contribution in [1.29, 1.82) is 5.41 Å². The fourth-order valence-corrected chi connectivity index (χ4v) is 1.59. The molecule has 102 valence electrons. The molecule has 2 rings (SSSR count). The Morgan fingerprint density at radius 2 is 2.15 bits per heavy atom. The largest absolute Gasteiger partial charge is 0.507 e. The fraction of sp³-hybridized carbons (Fsp3) is 0.0714. The van der Waals surface area contributed by atoms with E-state index in [1.807, 2.05) is 0 Å². The van der Waals surface area contributed by atoms with Gasteiger partial charge in [0.05, 0.1) is 12.7 Å². The first-order valence-electron chi connectivity index (χ1n) is 5.83. The summed E-state index contributed by atoms with van der Waals surface area (Å²) in [4.78, 5) is 7.96. The number of aliphatic imine (C=N–C) groups is 1. The number of nitrogens with two attached hydrogens (primary N) is 1. The van der Waals surface area contributed by atoms with Gasteiger partial charge in [-0.2, -0.15) is 0 Å². The second kappa shape index (κ2) is 5.83. The second-order valence-corrected chi connectivity index (χ2v) is 3.94. The molecule has 0 saturated carbocycles. The smallest absolute Gasteiger partial charge is 0.172 e. The van der Waals surface area contributed by atoms with Crippen LogP contribution in [0, 0.1) is 5.41 Å². The number of phenols is 1. The Kier molecular flexibility index (Phi) is 3.95. The van der Waals surface area contributed by atoms with Gasteiger partial charge in [0.1, 0.15) is 23.0 Å². The molecule has 0 unspecified atom stereocenters. The Morgan fingerprint density at radius 1 is 1.35 bits per heavy atom. The van der Waals surface area contributed by atoms with Crippen LogP contribution in [0.4, 0.5) is 0 Å². The zero-order chi connectivity index (χ0) is 14.5. The number of hydrogen-bond acceptors (Lipinski definition) is 4. The monoisotopic (exact) mass is 270 g/mol. The van der Waals surface area contributed by atoms with Gasteiger partial charge >= 0.3 is 0 Å². The molecule has 0 bridgehead atoms. The highest BCUT2D eigenvalue weighted by molar-refractivity contribution is 6.10. The normalized spacial score (nSPS) is 11.2. The lowest BCUT2D eigenvalue weighted by molar-refractivity contribution is 0.412. The van der Waals surface area contributed by atoms with E-state index in [0.29, 0.717) is 17.0 Å². The Bertz CT molecular complexity index is 653. The number of amidine groups is 2. The predicted octanol–water partition coefficient (Wildman–Crippen LogP) is 1.53. The highest BCUT2D eigenvalue weighted by atomic mass is 16.5. The zero-order valence-electron chi connectivity index (χ0n) is 10.9. The summed E-state index contributed by atoms with van der Waals surface area (Å²) in [6, 6.07) is 9.78. The molecule has 0 fully saturated rings. The summed E-state index contributed by atoms with van der Waals surface area (Å²) in [6.45, 7) is 0. The summed E-state index contributed by atoms with van der Waals surface area (Å²) in [7, 11) is 1.51. The van der Waals surface area contributed by atoms with Gasteiger partial charge in [-0.05, 0) is 30.3 Å². The first kappa shape index (κ1) is 13.5. The number of phenolic OH excluding ortho intramolecular Hbond substituents is 1. The minimum atomic E-state index is -0.0784. The van der Waals surface area contributed by atoms with Crippen molar-refractivity contribution in [3.05, 3.63) is 53.9 Å². The van der Waals surface area contributed by atoms with Crippen LogP contribution in [0.2, 0.25) is 0 Å². The minimum absolute atomic E-state index is 0.0250. The molecule has 0 radical (unpaired) electrons. The number of pyridine rings is 1. The van der Waals surface area contributed by atoms with Gasteiger partial charge in [-0.15, -0.1) is 0 Å². The molecule has 6 nitrogen and oxygen atoms in total. The van der Waals surface area contributed by atoms with Crippen LogP contribution in [0.3, 0.4) is 0 Å². The molecular weight excluding hydrogens is 256 g/mol. The topological polar surface area (TPSA) is 105 Å². The molecule has 2 aromatic rings. The molecule has 0 aliphatic rings. The van der Waals surface area contributed by atoms with Crippen molar-refractivity contribution in [2.45, 2.75) is 0 Å². The molecule has 0 spiro atoms. The first-order chi connectivity index (χ1) is 9.61. The van der Waals surface area contributed by atoms with E-state index >= 15 is 0 Å². The van der Waals surface area contributed by atoms with E-state index in [9.17, 15) is 5.11 Å². The first-order valence-corrected chi connectivity index (χ1v) is 5.83. The predicted molar refractivity (Wildman–Crippen MR) is 76.4 cm³/mol. The van der Waals surface area contributed by atoms with Crippen LogP contribution in [-0.2, 0) is 0 Å². The molecule has 1 heterocycles. The average Bonchev–Trinajstić information content (AvgIpc) is 2.48. The van der Waals surface area contributed by atoms with Gasteiger partial charge in [0.15, 0.2) is 5.84 Å². The molecule has 4 N–H and O–H groups in total. The number of hydrogen-bond donors (Lipinski definition) is 3. The maximum Gasteiger partial charge on any atom is 0.172 e. The van der Waals surface area contributed by atoms with Gasteiger partial charge < -0.3 is 15.6 Å². The van der Waals surface area contributed by atoms with Crippen molar-refractivity contribution >= 4 is 11.7 Å². The van der Waals surface area contributed by atoms with Crippen LogP contribution >= 0.6 is 0 Å². The van der Waals surface area contributed by atoms with Crippen LogP contribution in [0.5, 0.6) is 11.5 Å². The number of benzene rings is 1. The maximum absolute atomic E-state index is 9.78. The summed E-state index contributed by atoms with van der Waals surface area (Å²) in [6.07, 6.45) is 1.57. The van der Waals surface area contributed by atoms with E-state index in [4.69, 9.17) is 15.9 Å². The van der Waals surface area contributed by atoms with Gasteiger partial charge in [0.25, 0.3) is 0 Å². The van der Waals surface area contributed by atoms with Crippen molar-refractivity contribution in [2.75, 3.05) is 7.11 Å². The third kappa shape index (κ3) is 2.92.